The highest BCUT2D eigenvalue weighted by Gasteiger charge is 2.22. The number of fused-ring (bicyclic) bond motifs is 1. The van der Waals surface area contributed by atoms with E-state index < -0.39 is 7.22 Å². The summed E-state index contributed by atoms with van der Waals surface area (Å²) in [6.45, 7) is 6.70. The summed E-state index contributed by atoms with van der Waals surface area (Å²) in [4.78, 5) is 17.8. The largest absolute Gasteiger partial charge is 0.268 e. The fraction of sp³-hybridized carbons (Fsp3) is 0.176. The summed E-state index contributed by atoms with van der Waals surface area (Å²) in [5.74, 6) is 0. The summed E-state index contributed by atoms with van der Waals surface area (Å²) in [6.07, 6.45) is 0. The molecule has 3 rings (SSSR count). The highest BCUT2D eigenvalue weighted by Crippen LogP contribution is 2.30. The van der Waals surface area contributed by atoms with Crippen molar-refractivity contribution in [2.75, 3.05) is 0 Å². The highest BCUT2D eigenvalue weighted by molar-refractivity contribution is 8.28. The van der Waals surface area contributed by atoms with Gasteiger partial charge in [0.2, 0.25) is 0 Å². The van der Waals surface area contributed by atoms with Crippen LogP contribution in [0.4, 0.5) is 0 Å². The summed E-state index contributed by atoms with van der Waals surface area (Å²) in [5.41, 5.74) is 1.32. The predicted molar refractivity (Wildman–Crippen MR) is 102 cm³/mol. The van der Waals surface area contributed by atoms with Crippen LogP contribution >= 0.6 is 22.8 Å². The van der Waals surface area contributed by atoms with Gasteiger partial charge < -0.3 is 0 Å². The molecule has 1 heterocycles. The van der Waals surface area contributed by atoms with E-state index in [0.29, 0.717) is 21.1 Å². The molecule has 23 heavy (non-hydrogen) atoms. The van der Waals surface area contributed by atoms with Crippen molar-refractivity contribution in [2.24, 2.45) is 0 Å². The number of nitrogens with zero attached hydrogens (tertiary/aromatic N) is 2. The van der Waals surface area contributed by atoms with Gasteiger partial charge in [0.15, 0.2) is 5.16 Å². The molecule has 0 saturated carbocycles. The van der Waals surface area contributed by atoms with Gasteiger partial charge in [-0.3, -0.25) is 9.36 Å². The van der Waals surface area contributed by atoms with E-state index in [2.05, 4.69) is 19.6 Å². The standard InChI is InChI=1S/C17H17ClN2OSSi/c1-23(2,3)22-17-19-15-13(10-7-11-14(15)18)16(21)20(17)12-8-5-4-6-9-12/h4-11H,1-3H3. The SMILES string of the molecule is C[Si](C)(C)Sc1nc2c(Cl)cccc2c(=O)n1-c1ccccc1. The first-order valence-corrected chi connectivity index (χ1v) is 12.7. The van der Waals surface area contributed by atoms with Gasteiger partial charge in [-0.15, -0.1) is 11.2 Å². The maximum atomic E-state index is 13.1. The van der Waals surface area contributed by atoms with Gasteiger partial charge in [-0.05, 0) is 24.3 Å². The number of para-hydroxylation sites is 2. The second-order valence-corrected chi connectivity index (χ2v) is 15.7. The van der Waals surface area contributed by atoms with Gasteiger partial charge in [-0.1, -0.05) is 55.5 Å². The average Bonchev–Trinajstić information content (AvgIpc) is 2.48. The Morgan fingerprint density at radius 3 is 2.39 bits per heavy atom. The van der Waals surface area contributed by atoms with Gasteiger partial charge in [0, 0.05) is 0 Å². The minimum Gasteiger partial charge on any atom is -0.268 e. The lowest BCUT2D eigenvalue weighted by Gasteiger charge is -2.19. The lowest BCUT2D eigenvalue weighted by atomic mass is 10.2. The molecule has 0 amide bonds. The summed E-state index contributed by atoms with van der Waals surface area (Å²) in [6, 6.07) is 15.0. The molecule has 0 saturated heterocycles. The first kappa shape index (κ1) is 16.3. The third-order valence-electron chi connectivity index (χ3n) is 3.23. The molecular formula is C17H17ClN2OSSi. The van der Waals surface area contributed by atoms with Crippen LogP contribution in [-0.4, -0.2) is 16.8 Å². The van der Waals surface area contributed by atoms with Gasteiger partial charge in [0.05, 0.1) is 21.6 Å². The predicted octanol–water partition coefficient (Wildman–Crippen LogP) is 4.97. The molecule has 0 bridgehead atoms. The third kappa shape index (κ3) is 3.36. The van der Waals surface area contributed by atoms with Crippen molar-refractivity contribution in [1.82, 2.24) is 9.55 Å². The van der Waals surface area contributed by atoms with E-state index in [9.17, 15) is 4.79 Å². The summed E-state index contributed by atoms with van der Waals surface area (Å²) < 4.78 is 1.70. The molecule has 0 aliphatic carbocycles. The van der Waals surface area contributed by atoms with Crippen molar-refractivity contribution in [3.05, 3.63) is 63.9 Å². The lowest BCUT2D eigenvalue weighted by molar-refractivity contribution is 0.823. The van der Waals surface area contributed by atoms with E-state index in [1.807, 2.05) is 30.3 Å². The number of benzene rings is 2. The summed E-state index contributed by atoms with van der Waals surface area (Å²) in [7, 11) is -1.54. The second-order valence-electron chi connectivity index (χ2n) is 6.22. The normalized spacial score (nSPS) is 11.8. The lowest BCUT2D eigenvalue weighted by Crippen LogP contribution is -2.25. The van der Waals surface area contributed by atoms with Crippen LogP contribution in [0.5, 0.6) is 0 Å². The molecule has 3 nitrogen and oxygen atoms in total. The minimum absolute atomic E-state index is 0.0792. The molecule has 1 aromatic heterocycles. The van der Waals surface area contributed by atoms with Gasteiger partial charge in [-0.2, -0.15) is 0 Å². The molecule has 6 heteroatoms. The molecule has 0 radical (unpaired) electrons. The fourth-order valence-electron chi connectivity index (χ4n) is 2.30. The van der Waals surface area contributed by atoms with Crippen molar-refractivity contribution in [3.63, 3.8) is 0 Å². The van der Waals surface area contributed by atoms with Crippen molar-refractivity contribution in [3.8, 4) is 5.69 Å². The zero-order valence-electron chi connectivity index (χ0n) is 13.2. The molecule has 0 N–H and O–H groups in total. The van der Waals surface area contributed by atoms with E-state index in [-0.39, 0.29) is 5.56 Å². The Morgan fingerprint density at radius 2 is 1.74 bits per heavy atom. The molecule has 0 atom stereocenters. The first-order valence-electron chi connectivity index (χ1n) is 7.32. The first-order chi connectivity index (χ1) is 10.9. The smallest absolute Gasteiger partial charge is 0.266 e. The van der Waals surface area contributed by atoms with Gasteiger partial charge in [-0.25, -0.2) is 4.98 Å². The van der Waals surface area contributed by atoms with Crippen molar-refractivity contribution < 1.29 is 0 Å². The molecule has 3 aromatic rings. The fourth-order valence-corrected chi connectivity index (χ4v) is 5.54. The van der Waals surface area contributed by atoms with Crippen LogP contribution in [0.3, 0.4) is 0 Å². The molecule has 0 fully saturated rings. The van der Waals surface area contributed by atoms with Crippen LogP contribution in [0.15, 0.2) is 58.5 Å². The third-order valence-corrected chi connectivity index (χ3v) is 6.99. The maximum absolute atomic E-state index is 13.1. The van der Waals surface area contributed by atoms with Crippen LogP contribution in [0.25, 0.3) is 16.6 Å². The van der Waals surface area contributed by atoms with E-state index in [1.165, 1.54) is 0 Å². The van der Waals surface area contributed by atoms with Crippen LogP contribution in [0, 0.1) is 0 Å². The van der Waals surface area contributed by atoms with Gasteiger partial charge in [0.25, 0.3) is 5.56 Å². The van der Waals surface area contributed by atoms with Crippen LogP contribution in [0.1, 0.15) is 0 Å². The van der Waals surface area contributed by atoms with E-state index in [0.717, 1.165) is 5.69 Å². The van der Waals surface area contributed by atoms with Crippen molar-refractivity contribution in [2.45, 2.75) is 24.8 Å². The maximum Gasteiger partial charge on any atom is 0.266 e. The van der Waals surface area contributed by atoms with E-state index in [1.54, 1.807) is 34.0 Å². The Labute approximate surface area is 145 Å². The van der Waals surface area contributed by atoms with E-state index in [4.69, 9.17) is 16.6 Å². The number of hydrogen-bond donors (Lipinski definition) is 0. The Hall–Kier alpha value is -1.56. The Kier molecular flexibility index (Phi) is 4.36. The van der Waals surface area contributed by atoms with Crippen molar-refractivity contribution in [1.29, 1.82) is 0 Å². The van der Waals surface area contributed by atoms with Crippen LogP contribution in [0.2, 0.25) is 24.7 Å². The van der Waals surface area contributed by atoms with Crippen LogP contribution in [-0.2, 0) is 0 Å². The number of aromatic nitrogens is 2. The molecule has 0 unspecified atom stereocenters. The van der Waals surface area contributed by atoms with Gasteiger partial charge in [0.1, 0.15) is 7.22 Å². The Bertz CT molecular complexity index is 920. The number of rotatable bonds is 3. The quantitative estimate of drug-likeness (QED) is 0.488. The molecule has 0 spiro atoms. The average molecular weight is 361 g/mol. The number of hydrogen-bond acceptors (Lipinski definition) is 3. The minimum atomic E-state index is -1.54. The summed E-state index contributed by atoms with van der Waals surface area (Å²) in [5, 5.41) is 1.76. The molecule has 0 aliphatic heterocycles. The molecular weight excluding hydrogens is 344 g/mol. The monoisotopic (exact) mass is 360 g/mol. The highest BCUT2D eigenvalue weighted by atomic mass is 35.5. The topological polar surface area (TPSA) is 34.9 Å². The van der Waals surface area contributed by atoms with E-state index >= 15 is 0 Å². The molecule has 0 aliphatic rings. The van der Waals surface area contributed by atoms with Crippen LogP contribution < -0.4 is 5.56 Å². The molecule has 2 aromatic carbocycles. The van der Waals surface area contributed by atoms with Crippen molar-refractivity contribution >= 4 is 40.9 Å². The summed E-state index contributed by atoms with van der Waals surface area (Å²) >= 11 is 7.95. The Morgan fingerprint density at radius 1 is 1.04 bits per heavy atom. The molecule has 118 valence electrons. The van der Waals surface area contributed by atoms with Gasteiger partial charge >= 0.3 is 0 Å². The zero-order valence-corrected chi connectivity index (χ0v) is 15.8. The second kappa shape index (κ2) is 6.15. The number of halogens is 1. The zero-order chi connectivity index (χ0) is 16.6. The Balaban J connectivity index is 2.38.